The Morgan fingerprint density at radius 2 is 2.10 bits per heavy atom. The minimum absolute atomic E-state index is 0.00655. The molecular formula is C13H12BrClN2O3S. The van der Waals surface area contributed by atoms with E-state index in [9.17, 15) is 8.42 Å². The predicted octanol–water partition coefficient (Wildman–Crippen LogP) is 3.10. The molecule has 0 saturated carbocycles. The van der Waals surface area contributed by atoms with Gasteiger partial charge in [0.05, 0.1) is 11.5 Å². The van der Waals surface area contributed by atoms with Crippen LogP contribution in [-0.4, -0.2) is 18.5 Å². The molecule has 0 amide bonds. The van der Waals surface area contributed by atoms with Crippen molar-refractivity contribution < 1.29 is 13.5 Å². The second-order valence-electron chi connectivity index (χ2n) is 4.34. The number of aromatic nitrogens is 1. The number of benzene rings is 1. The zero-order chi connectivity index (χ0) is 15.6. The van der Waals surface area contributed by atoms with E-state index in [-0.39, 0.29) is 22.3 Å². The largest absolute Gasteiger partial charge is 0.392 e. The number of sulfonamides is 1. The fourth-order valence-corrected chi connectivity index (χ4v) is 3.16. The van der Waals surface area contributed by atoms with Crippen LogP contribution in [0.1, 0.15) is 11.1 Å². The van der Waals surface area contributed by atoms with Crippen molar-refractivity contribution in [1.29, 1.82) is 0 Å². The van der Waals surface area contributed by atoms with Gasteiger partial charge < -0.3 is 5.11 Å². The van der Waals surface area contributed by atoms with E-state index < -0.39 is 10.0 Å². The second kappa shape index (κ2) is 6.31. The van der Waals surface area contributed by atoms with Crippen LogP contribution in [0.2, 0.25) is 5.02 Å². The maximum atomic E-state index is 12.3. The zero-order valence-electron chi connectivity index (χ0n) is 11.0. The van der Waals surface area contributed by atoms with E-state index in [0.717, 1.165) is 10.0 Å². The normalized spacial score (nSPS) is 11.4. The van der Waals surface area contributed by atoms with Gasteiger partial charge in [-0.1, -0.05) is 17.7 Å². The Kier molecular flexibility index (Phi) is 4.88. The first kappa shape index (κ1) is 16.2. The minimum atomic E-state index is -3.78. The third-order valence-corrected chi connectivity index (χ3v) is 5.33. The molecule has 2 aromatic rings. The van der Waals surface area contributed by atoms with Crippen LogP contribution < -0.4 is 4.72 Å². The number of anilines is 1. The number of hydrogen-bond donors (Lipinski definition) is 2. The molecule has 21 heavy (non-hydrogen) atoms. The molecule has 1 aromatic heterocycles. The van der Waals surface area contributed by atoms with Crippen LogP contribution in [0.3, 0.4) is 0 Å². The van der Waals surface area contributed by atoms with Gasteiger partial charge in [0, 0.05) is 15.7 Å². The van der Waals surface area contributed by atoms with Crippen molar-refractivity contribution in [2.24, 2.45) is 0 Å². The van der Waals surface area contributed by atoms with Crippen LogP contribution in [0.5, 0.6) is 0 Å². The molecule has 8 heteroatoms. The average molecular weight is 392 g/mol. The molecular weight excluding hydrogens is 380 g/mol. The lowest BCUT2D eigenvalue weighted by Crippen LogP contribution is -2.14. The summed E-state index contributed by atoms with van der Waals surface area (Å²) in [6.07, 6.45) is 1.52. The number of pyridine rings is 1. The van der Waals surface area contributed by atoms with Crippen molar-refractivity contribution in [3.05, 3.63) is 51.1 Å². The number of nitrogens with one attached hydrogen (secondary N) is 1. The Hall–Kier alpha value is -1.15. The molecule has 2 N–H and O–H groups in total. The van der Waals surface area contributed by atoms with Crippen LogP contribution in [0.4, 0.5) is 5.82 Å². The van der Waals surface area contributed by atoms with E-state index in [1.54, 1.807) is 6.07 Å². The summed E-state index contributed by atoms with van der Waals surface area (Å²) >= 11 is 9.21. The van der Waals surface area contributed by atoms with Gasteiger partial charge in [0.15, 0.2) is 0 Å². The van der Waals surface area contributed by atoms with Crippen LogP contribution >= 0.6 is 27.5 Å². The highest BCUT2D eigenvalue weighted by Gasteiger charge is 2.16. The summed E-state index contributed by atoms with van der Waals surface area (Å²) in [6, 6.07) is 5.76. The van der Waals surface area contributed by atoms with Gasteiger partial charge in [-0.3, -0.25) is 4.72 Å². The van der Waals surface area contributed by atoms with E-state index in [4.69, 9.17) is 16.7 Å². The zero-order valence-corrected chi connectivity index (χ0v) is 14.1. The van der Waals surface area contributed by atoms with E-state index in [2.05, 4.69) is 25.6 Å². The number of nitrogens with zero attached hydrogens (tertiary/aromatic N) is 1. The fraction of sp³-hybridized carbons (Fsp3) is 0.154. The summed E-state index contributed by atoms with van der Waals surface area (Å²) in [7, 11) is -3.78. The maximum absolute atomic E-state index is 12.3. The molecule has 0 aliphatic rings. The topological polar surface area (TPSA) is 79.3 Å². The molecule has 2 rings (SSSR count). The molecule has 0 aliphatic heterocycles. The molecule has 5 nitrogen and oxygen atoms in total. The van der Waals surface area contributed by atoms with Gasteiger partial charge in [-0.15, -0.1) is 0 Å². The number of hydrogen-bond acceptors (Lipinski definition) is 4. The molecule has 0 fully saturated rings. The van der Waals surface area contributed by atoms with E-state index in [0.29, 0.717) is 5.56 Å². The Morgan fingerprint density at radius 3 is 2.67 bits per heavy atom. The lowest BCUT2D eigenvalue weighted by atomic mass is 10.2. The molecule has 0 atom stereocenters. The van der Waals surface area contributed by atoms with E-state index in [1.807, 2.05) is 6.92 Å². The average Bonchev–Trinajstić information content (AvgIpc) is 2.42. The molecule has 0 saturated heterocycles. The molecule has 0 bridgehead atoms. The van der Waals surface area contributed by atoms with Gasteiger partial charge in [0.2, 0.25) is 0 Å². The van der Waals surface area contributed by atoms with Crippen molar-refractivity contribution >= 4 is 43.4 Å². The Balaban J connectivity index is 2.33. The van der Waals surface area contributed by atoms with Crippen LogP contribution in [-0.2, 0) is 16.6 Å². The lowest BCUT2D eigenvalue weighted by Gasteiger charge is -2.10. The number of aliphatic hydroxyl groups excluding tert-OH is 1. The number of aliphatic hydroxyl groups is 1. The third kappa shape index (κ3) is 3.74. The quantitative estimate of drug-likeness (QED) is 0.839. The number of halogens is 2. The smallest absolute Gasteiger partial charge is 0.263 e. The van der Waals surface area contributed by atoms with E-state index in [1.165, 1.54) is 24.4 Å². The van der Waals surface area contributed by atoms with Crippen molar-refractivity contribution in [2.75, 3.05) is 4.72 Å². The maximum Gasteiger partial charge on any atom is 0.263 e. The van der Waals surface area contributed by atoms with Crippen molar-refractivity contribution in [1.82, 2.24) is 4.98 Å². The van der Waals surface area contributed by atoms with Crippen LogP contribution in [0.25, 0.3) is 0 Å². The van der Waals surface area contributed by atoms with Gasteiger partial charge in [0.25, 0.3) is 10.0 Å². The van der Waals surface area contributed by atoms with Crippen molar-refractivity contribution in [3.63, 3.8) is 0 Å². The lowest BCUT2D eigenvalue weighted by molar-refractivity contribution is 0.282. The fourth-order valence-electron chi connectivity index (χ4n) is 1.62. The van der Waals surface area contributed by atoms with Gasteiger partial charge in [-0.05, 0) is 52.2 Å². The summed E-state index contributed by atoms with van der Waals surface area (Å²) in [4.78, 5) is 4.00. The number of rotatable bonds is 4. The predicted molar refractivity (Wildman–Crippen MR) is 84.9 cm³/mol. The van der Waals surface area contributed by atoms with Crippen LogP contribution in [0, 0.1) is 6.92 Å². The molecule has 1 aromatic carbocycles. The summed E-state index contributed by atoms with van der Waals surface area (Å²) in [5.41, 5.74) is 1.32. The SMILES string of the molecule is Cc1cc(NS(=O)(=O)c2ccc(CO)c(Cl)c2)ncc1Br. The minimum Gasteiger partial charge on any atom is -0.392 e. The molecule has 0 aliphatic carbocycles. The Bertz CT molecular complexity index is 781. The summed E-state index contributed by atoms with van der Waals surface area (Å²) in [5.74, 6) is 0.220. The van der Waals surface area contributed by atoms with Crippen LogP contribution in [0.15, 0.2) is 39.8 Å². The number of aryl methyl sites for hydroxylation is 1. The molecule has 112 valence electrons. The van der Waals surface area contributed by atoms with Crippen molar-refractivity contribution in [3.8, 4) is 0 Å². The monoisotopic (exact) mass is 390 g/mol. The molecule has 0 spiro atoms. The summed E-state index contributed by atoms with van der Waals surface area (Å²) in [6.45, 7) is 1.58. The highest BCUT2D eigenvalue weighted by molar-refractivity contribution is 9.10. The second-order valence-corrected chi connectivity index (χ2v) is 7.28. The molecule has 0 unspecified atom stereocenters. The highest BCUT2D eigenvalue weighted by atomic mass is 79.9. The first-order chi connectivity index (χ1) is 9.83. The van der Waals surface area contributed by atoms with Gasteiger partial charge in [0.1, 0.15) is 5.82 Å². The summed E-state index contributed by atoms with van der Waals surface area (Å²) in [5, 5.41) is 9.23. The molecule has 0 radical (unpaired) electrons. The molecule has 1 heterocycles. The van der Waals surface area contributed by atoms with Crippen molar-refractivity contribution in [2.45, 2.75) is 18.4 Å². The summed E-state index contributed by atoms with van der Waals surface area (Å²) < 4.78 is 27.7. The van der Waals surface area contributed by atoms with Gasteiger partial charge in [-0.25, -0.2) is 13.4 Å². The van der Waals surface area contributed by atoms with Gasteiger partial charge in [-0.2, -0.15) is 0 Å². The van der Waals surface area contributed by atoms with Gasteiger partial charge >= 0.3 is 0 Å². The van der Waals surface area contributed by atoms with E-state index >= 15 is 0 Å². The first-order valence-corrected chi connectivity index (χ1v) is 8.53. The first-order valence-electron chi connectivity index (χ1n) is 5.88. The standard InChI is InChI=1S/C13H12BrClN2O3S/c1-8-4-13(16-6-11(8)14)17-21(19,20)10-3-2-9(7-18)12(15)5-10/h2-6,18H,7H2,1H3,(H,16,17). The Labute approximate surface area is 136 Å². The third-order valence-electron chi connectivity index (χ3n) is 2.79. The Morgan fingerprint density at radius 1 is 1.38 bits per heavy atom. The highest BCUT2D eigenvalue weighted by Crippen LogP contribution is 2.23.